The molecule has 72 valence electrons. The smallest absolute Gasteiger partial charge is 0.103 e. The lowest BCUT2D eigenvalue weighted by molar-refractivity contribution is 0.519. The number of benzene rings is 1. The van der Waals surface area contributed by atoms with E-state index in [1.165, 1.54) is 0 Å². The number of rotatable bonds is 1. The Morgan fingerprint density at radius 3 is 2.79 bits per heavy atom. The molecule has 0 saturated carbocycles. The van der Waals surface area contributed by atoms with Crippen LogP contribution in [0.2, 0.25) is 0 Å². The SMILES string of the molecule is N#Cc1c(Br)cccc1N1CC(N)C1. The van der Waals surface area contributed by atoms with Crippen LogP contribution in [-0.4, -0.2) is 19.1 Å². The number of hydrogen-bond acceptors (Lipinski definition) is 3. The lowest BCUT2D eigenvalue weighted by atomic mass is 10.1. The summed E-state index contributed by atoms with van der Waals surface area (Å²) in [6.45, 7) is 1.68. The molecule has 0 atom stereocenters. The molecular formula is C10H10BrN3. The van der Waals surface area contributed by atoms with Crippen LogP contribution in [0.15, 0.2) is 22.7 Å². The molecular weight excluding hydrogens is 242 g/mol. The first-order chi connectivity index (χ1) is 6.72. The van der Waals surface area contributed by atoms with Crippen molar-refractivity contribution in [3.63, 3.8) is 0 Å². The first-order valence-electron chi connectivity index (χ1n) is 4.41. The van der Waals surface area contributed by atoms with Gasteiger partial charge in [0.05, 0.1) is 11.3 Å². The van der Waals surface area contributed by atoms with Crippen LogP contribution >= 0.6 is 15.9 Å². The van der Waals surface area contributed by atoms with Crippen molar-refractivity contribution in [2.24, 2.45) is 5.73 Å². The Morgan fingerprint density at radius 1 is 1.50 bits per heavy atom. The van der Waals surface area contributed by atoms with Crippen molar-refractivity contribution in [1.29, 1.82) is 5.26 Å². The van der Waals surface area contributed by atoms with Crippen LogP contribution in [0.4, 0.5) is 5.69 Å². The summed E-state index contributed by atoms with van der Waals surface area (Å²) in [5, 5.41) is 9.00. The summed E-state index contributed by atoms with van der Waals surface area (Å²) in [5.41, 5.74) is 7.37. The van der Waals surface area contributed by atoms with Crippen LogP contribution in [0.25, 0.3) is 0 Å². The van der Waals surface area contributed by atoms with Crippen molar-refractivity contribution < 1.29 is 0 Å². The Labute approximate surface area is 91.2 Å². The monoisotopic (exact) mass is 251 g/mol. The van der Waals surface area contributed by atoms with Gasteiger partial charge in [0.2, 0.25) is 0 Å². The average molecular weight is 252 g/mol. The van der Waals surface area contributed by atoms with Crippen molar-refractivity contribution >= 4 is 21.6 Å². The highest BCUT2D eigenvalue weighted by atomic mass is 79.9. The molecule has 4 heteroatoms. The van der Waals surface area contributed by atoms with Crippen molar-refractivity contribution in [1.82, 2.24) is 0 Å². The Kier molecular flexibility index (Phi) is 2.44. The molecule has 2 N–H and O–H groups in total. The second kappa shape index (κ2) is 3.60. The van der Waals surface area contributed by atoms with Crippen LogP contribution in [-0.2, 0) is 0 Å². The van der Waals surface area contributed by atoms with Gasteiger partial charge in [-0.25, -0.2) is 0 Å². The third-order valence-corrected chi connectivity index (χ3v) is 3.01. The molecule has 0 amide bonds. The molecule has 1 fully saturated rings. The molecule has 1 aromatic carbocycles. The first kappa shape index (κ1) is 9.50. The van der Waals surface area contributed by atoms with Gasteiger partial charge < -0.3 is 10.6 Å². The maximum Gasteiger partial charge on any atom is 0.103 e. The molecule has 0 spiro atoms. The normalized spacial score (nSPS) is 16.2. The molecule has 0 radical (unpaired) electrons. The maximum absolute atomic E-state index is 9.00. The first-order valence-corrected chi connectivity index (χ1v) is 5.21. The summed E-state index contributed by atoms with van der Waals surface area (Å²) in [6, 6.07) is 8.21. The zero-order valence-electron chi connectivity index (χ0n) is 7.57. The molecule has 1 aromatic rings. The van der Waals surface area contributed by atoms with E-state index in [0.29, 0.717) is 5.56 Å². The van der Waals surface area contributed by atoms with E-state index in [4.69, 9.17) is 11.0 Å². The quantitative estimate of drug-likeness (QED) is 0.823. The van der Waals surface area contributed by atoms with E-state index in [2.05, 4.69) is 26.9 Å². The number of nitriles is 1. The summed E-state index contributed by atoms with van der Waals surface area (Å²) >= 11 is 3.36. The number of nitrogens with two attached hydrogens (primary N) is 1. The predicted octanol–water partition coefficient (Wildman–Crippen LogP) is 1.47. The summed E-state index contributed by atoms with van der Waals surface area (Å²) in [4.78, 5) is 2.12. The van der Waals surface area contributed by atoms with Gasteiger partial charge >= 0.3 is 0 Å². The molecule has 3 nitrogen and oxygen atoms in total. The van der Waals surface area contributed by atoms with Crippen LogP contribution in [0.5, 0.6) is 0 Å². The van der Waals surface area contributed by atoms with Crippen LogP contribution in [0.1, 0.15) is 5.56 Å². The zero-order valence-corrected chi connectivity index (χ0v) is 9.16. The van der Waals surface area contributed by atoms with Gasteiger partial charge in [-0.05, 0) is 28.1 Å². The van der Waals surface area contributed by atoms with Gasteiger partial charge in [-0.2, -0.15) is 5.26 Å². The van der Waals surface area contributed by atoms with Gasteiger partial charge in [-0.1, -0.05) is 6.07 Å². The highest BCUT2D eigenvalue weighted by molar-refractivity contribution is 9.10. The van der Waals surface area contributed by atoms with Crippen LogP contribution < -0.4 is 10.6 Å². The van der Waals surface area contributed by atoms with Gasteiger partial charge in [-0.3, -0.25) is 0 Å². The molecule has 0 unspecified atom stereocenters. The van der Waals surface area contributed by atoms with Crippen LogP contribution in [0.3, 0.4) is 0 Å². The highest BCUT2D eigenvalue weighted by Gasteiger charge is 2.25. The van der Waals surface area contributed by atoms with Crippen molar-refractivity contribution in [3.8, 4) is 6.07 Å². The summed E-state index contributed by atoms with van der Waals surface area (Å²) in [5.74, 6) is 0. The summed E-state index contributed by atoms with van der Waals surface area (Å²) < 4.78 is 0.845. The van der Waals surface area contributed by atoms with Crippen molar-refractivity contribution in [2.45, 2.75) is 6.04 Å². The average Bonchev–Trinajstić information content (AvgIpc) is 2.13. The van der Waals surface area contributed by atoms with Gasteiger partial charge in [0.25, 0.3) is 0 Å². The fraction of sp³-hybridized carbons (Fsp3) is 0.300. The molecule has 1 saturated heterocycles. The molecule has 14 heavy (non-hydrogen) atoms. The van der Waals surface area contributed by atoms with Gasteiger partial charge in [0.15, 0.2) is 0 Å². The lowest BCUT2D eigenvalue weighted by Crippen LogP contribution is -2.56. The Morgan fingerprint density at radius 2 is 2.21 bits per heavy atom. The minimum atomic E-state index is 0.250. The second-order valence-electron chi connectivity index (χ2n) is 3.41. The highest BCUT2D eigenvalue weighted by Crippen LogP contribution is 2.29. The number of hydrogen-bond donors (Lipinski definition) is 1. The number of anilines is 1. The largest absolute Gasteiger partial charge is 0.367 e. The van der Waals surface area contributed by atoms with Gasteiger partial charge in [0.1, 0.15) is 6.07 Å². The molecule has 0 aliphatic carbocycles. The van der Waals surface area contributed by atoms with Gasteiger partial charge in [-0.15, -0.1) is 0 Å². The van der Waals surface area contributed by atoms with E-state index in [1.807, 2.05) is 18.2 Å². The minimum absolute atomic E-state index is 0.250. The molecule has 1 heterocycles. The Balaban J connectivity index is 2.34. The lowest BCUT2D eigenvalue weighted by Gasteiger charge is -2.39. The van der Waals surface area contributed by atoms with E-state index in [-0.39, 0.29) is 6.04 Å². The molecule has 0 bridgehead atoms. The second-order valence-corrected chi connectivity index (χ2v) is 4.27. The van der Waals surface area contributed by atoms with E-state index in [1.54, 1.807) is 0 Å². The fourth-order valence-corrected chi connectivity index (χ4v) is 2.04. The third kappa shape index (κ3) is 1.49. The minimum Gasteiger partial charge on any atom is -0.367 e. The van der Waals surface area contributed by atoms with Crippen LogP contribution in [0, 0.1) is 11.3 Å². The van der Waals surface area contributed by atoms with Gasteiger partial charge in [0, 0.05) is 23.6 Å². The summed E-state index contributed by atoms with van der Waals surface area (Å²) in [7, 11) is 0. The van der Waals surface area contributed by atoms with E-state index in [9.17, 15) is 0 Å². The maximum atomic E-state index is 9.00. The van der Waals surface area contributed by atoms with E-state index < -0.39 is 0 Å². The molecule has 0 aromatic heterocycles. The molecule has 1 aliphatic rings. The zero-order chi connectivity index (χ0) is 10.1. The fourth-order valence-electron chi connectivity index (χ4n) is 1.60. The summed E-state index contributed by atoms with van der Waals surface area (Å²) in [6.07, 6.45) is 0. The standard InChI is InChI=1S/C10H10BrN3/c11-9-2-1-3-10(8(9)4-12)14-5-7(13)6-14/h1-3,7H,5-6,13H2. The van der Waals surface area contributed by atoms with Crippen molar-refractivity contribution in [3.05, 3.63) is 28.2 Å². The van der Waals surface area contributed by atoms with E-state index in [0.717, 1.165) is 23.2 Å². The predicted molar refractivity (Wildman–Crippen MR) is 59.0 cm³/mol. The number of halogens is 1. The molecule has 2 rings (SSSR count). The molecule has 1 aliphatic heterocycles. The number of nitrogens with zero attached hydrogens (tertiary/aromatic N) is 2. The Bertz CT molecular complexity index is 391. The Hall–Kier alpha value is -1.05. The van der Waals surface area contributed by atoms with Crippen molar-refractivity contribution in [2.75, 3.05) is 18.0 Å². The van der Waals surface area contributed by atoms with E-state index >= 15 is 0 Å². The topological polar surface area (TPSA) is 53.0 Å². The third-order valence-electron chi connectivity index (χ3n) is 2.35.